The molecule has 0 radical (unpaired) electrons. The molecular formula is C15H19N3. The Balaban J connectivity index is 1.90. The summed E-state index contributed by atoms with van der Waals surface area (Å²) in [6, 6.07) is 9.33. The van der Waals surface area contributed by atoms with Gasteiger partial charge in [-0.2, -0.15) is 0 Å². The van der Waals surface area contributed by atoms with E-state index in [0.29, 0.717) is 6.04 Å². The van der Waals surface area contributed by atoms with Gasteiger partial charge in [0, 0.05) is 29.2 Å². The molecule has 3 heteroatoms. The zero-order valence-electron chi connectivity index (χ0n) is 10.5. The summed E-state index contributed by atoms with van der Waals surface area (Å²) >= 11 is 0. The zero-order chi connectivity index (χ0) is 12.1. The first-order valence-corrected chi connectivity index (χ1v) is 6.94. The van der Waals surface area contributed by atoms with E-state index in [1.165, 1.54) is 35.1 Å². The van der Waals surface area contributed by atoms with Crippen LogP contribution < -0.4 is 5.73 Å². The van der Waals surface area contributed by atoms with Crippen LogP contribution in [0.4, 0.5) is 0 Å². The zero-order valence-corrected chi connectivity index (χ0v) is 10.5. The number of para-hydroxylation sites is 1. The van der Waals surface area contributed by atoms with Crippen molar-refractivity contribution in [2.45, 2.75) is 31.3 Å². The quantitative estimate of drug-likeness (QED) is 0.742. The van der Waals surface area contributed by atoms with Crippen molar-refractivity contribution in [3.8, 4) is 0 Å². The maximum atomic E-state index is 6.36. The number of hydrogen-bond acceptors (Lipinski definition) is 2. The van der Waals surface area contributed by atoms with Gasteiger partial charge in [0.05, 0.1) is 6.04 Å². The summed E-state index contributed by atoms with van der Waals surface area (Å²) in [5.74, 6) is 0. The van der Waals surface area contributed by atoms with Crippen molar-refractivity contribution >= 4 is 10.9 Å². The molecule has 2 aliphatic heterocycles. The Bertz CT molecular complexity index is 586. The average molecular weight is 241 g/mol. The molecule has 3 heterocycles. The summed E-state index contributed by atoms with van der Waals surface area (Å²) in [4.78, 5) is 6.19. The molecule has 3 nitrogen and oxygen atoms in total. The number of aromatic amines is 1. The van der Waals surface area contributed by atoms with Crippen molar-refractivity contribution in [2.24, 2.45) is 5.73 Å². The lowest BCUT2D eigenvalue weighted by atomic mass is 9.88. The Kier molecular flexibility index (Phi) is 2.26. The first-order valence-electron chi connectivity index (χ1n) is 6.94. The molecular weight excluding hydrogens is 222 g/mol. The molecule has 2 atom stereocenters. The molecule has 0 bridgehead atoms. The summed E-state index contributed by atoms with van der Waals surface area (Å²) in [5, 5.41) is 1.39. The highest BCUT2D eigenvalue weighted by atomic mass is 15.2. The largest absolute Gasteiger partial charge is 0.357 e. The van der Waals surface area contributed by atoms with E-state index in [1.54, 1.807) is 0 Å². The Hall–Kier alpha value is -1.32. The van der Waals surface area contributed by atoms with Gasteiger partial charge in [0.2, 0.25) is 0 Å². The van der Waals surface area contributed by atoms with Crippen molar-refractivity contribution in [3.05, 3.63) is 35.5 Å². The number of benzene rings is 1. The van der Waals surface area contributed by atoms with Crippen LogP contribution in [0.25, 0.3) is 10.9 Å². The molecule has 0 spiro atoms. The molecule has 2 aliphatic rings. The number of piperidine rings is 1. The van der Waals surface area contributed by atoms with E-state index >= 15 is 0 Å². The number of nitrogens with zero attached hydrogens (tertiary/aromatic N) is 1. The number of nitrogens with two attached hydrogens (primary N) is 1. The second kappa shape index (κ2) is 3.84. The van der Waals surface area contributed by atoms with Gasteiger partial charge in [-0.3, -0.25) is 4.90 Å². The Labute approximate surface area is 107 Å². The van der Waals surface area contributed by atoms with Gasteiger partial charge in [0.25, 0.3) is 0 Å². The van der Waals surface area contributed by atoms with Crippen LogP contribution >= 0.6 is 0 Å². The van der Waals surface area contributed by atoms with E-state index in [0.717, 1.165) is 19.4 Å². The molecule has 1 saturated heterocycles. The van der Waals surface area contributed by atoms with Crippen molar-refractivity contribution < 1.29 is 0 Å². The van der Waals surface area contributed by atoms with E-state index in [2.05, 4.69) is 34.1 Å². The van der Waals surface area contributed by atoms with Crippen LogP contribution in [-0.4, -0.2) is 29.0 Å². The molecule has 1 aromatic carbocycles. The molecule has 1 aromatic heterocycles. The topological polar surface area (TPSA) is 45.0 Å². The predicted octanol–water partition coefficient (Wildman–Crippen LogP) is 2.19. The molecule has 0 amide bonds. The minimum Gasteiger partial charge on any atom is -0.357 e. The van der Waals surface area contributed by atoms with E-state index in [4.69, 9.17) is 5.73 Å². The smallest absolute Gasteiger partial charge is 0.0654 e. The number of aromatic nitrogens is 1. The Morgan fingerprint density at radius 1 is 1.22 bits per heavy atom. The standard InChI is InChI=1S/C15H19N3/c16-12-5-3-8-18-9-7-11-10-4-1-2-6-13(10)17-14(11)15(12)18/h1-2,4,6,12,15,17H,3,5,7-9,16H2. The lowest BCUT2D eigenvalue weighted by Crippen LogP contribution is -2.49. The van der Waals surface area contributed by atoms with Crippen LogP contribution in [0.3, 0.4) is 0 Å². The van der Waals surface area contributed by atoms with Crippen LogP contribution in [0, 0.1) is 0 Å². The van der Waals surface area contributed by atoms with Gasteiger partial charge in [0.15, 0.2) is 0 Å². The molecule has 2 aromatic rings. The molecule has 3 N–H and O–H groups in total. The molecule has 1 fully saturated rings. The highest BCUT2D eigenvalue weighted by molar-refractivity contribution is 5.85. The highest BCUT2D eigenvalue weighted by Crippen LogP contribution is 2.38. The van der Waals surface area contributed by atoms with Crippen LogP contribution in [0.1, 0.15) is 30.1 Å². The van der Waals surface area contributed by atoms with Crippen molar-refractivity contribution in [2.75, 3.05) is 13.1 Å². The van der Waals surface area contributed by atoms with E-state index < -0.39 is 0 Å². The first-order chi connectivity index (χ1) is 8.84. The first kappa shape index (κ1) is 10.6. The number of H-pyrrole nitrogens is 1. The fourth-order valence-electron chi connectivity index (χ4n) is 3.74. The second-order valence-electron chi connectivity index (χ2n) is 5.60. The number of fused-ring (bicyclic) bond motifs is 5. The third-order valence-corrected chi connectivity index (χ3v) is 4.57. The summed E-state index contributed by atoms with van der Waals surface area (Å²) in [7, 11) is 0. The number of rotatable bonds is 0. The number of nitrogens with one attached hydrogen (secondary N) is 1. The van der Waals surface area contributed by atoms with E-state index in [-0.39, 0.29) is 6.04 Å². The lowest BCUT2D eigenvalue weighted by molar-refractivity contribution is 0.116. The molecule has 4 rings (SSSR count). The van der Waals surface area contributed by atoms with Gasteiger partial charge in [0.1, 0.15) is 0 Å². The van der Waals surface area contributed by atoms with Gasteiger partial charge in [-0.15, -0.1) is 0 Å². The van der Waals surface area contributed by atoms with Gasteiger partial charge in [-0.1, -0.05) is 18.2 Å². The Morgan fingerprint density at radius 3 is 3.06 bits per heavy atom. The number of hydrogen-bond donors (Lipinski definition) is 2. The normalized spacial score (nSPS) is 28.1. The molecule has 0 aliphatic carbocycles. The average Bonchev–Trinajstić information content (AvgIpc) is 2.77. The van der Waals surface area contributed by atoms with Gasteiger partial charge < -0.3 is 10.7 Å². The predicted molar refractivity (Wildman–Crippen MR) is 73.5 cm³/mol. The summed E-state index contributed by atoms with van der Waals surface area (Å²) in [6.45, 7) is 2.36. The third-order valence-electron chi connectivity index (χ3n) is 4.57. The van der Waals surface area contributed by atoms with Crippen molar-refractivity contribution in [3.63, 3.8) is 0 Å². The van der Waals surface area contributed by atoms with Crippen LogP contribution in [-0.2, 0) is 6.42 Å². The summed E-state index contributed by atoms with van der Waals surface area (Å²) in [6.07, 6.45) is 3.55. The van der Waals surface area contributed by atoms with Crippen LogP contribution in [0.2, 0.25) is 0 Å². The monoisotopic (exact) mass is 241 g/mol. The minimum absolute atomic E-state index is 0.283. The summed E-state index contributed by atoms with van der Waals surface area (Å²) in [5.41, 5.74) is 10.5. The molecule has 94 valence electrons. The molecule has 0 saturated carbocycles. The van der Waals surface area contributed by atoms with Gasteiger partial charge in [-0.05, 0) is 37.4 Å². The Morgan fingerprint density at radius 2 is 2.11 bits per heavy atom. The van der Waals surface area contributed by atoms with Crippen molar-refractivity contribution in [1.82, 2.24) is 9.88 Å². The van der Waals surface area contributed by atoms with Crippen LogP contribution in [0.15, 0.2) is 24.3 Å². The highest BCUT2D eigenvalue weighted by Gasteiger charge is 2.36. The SMILES string of the molecule is NC1CCCN2CCc3c([nH]c4ccccc34)C12. The molecule has 2 unspecified atom stereocenters. The maximum Gasteiger partial charge on any atom is 0.0654 e. The molecule has 18 heavy (non-hydrogen) atoms. The van der Waals surface area contributed by atoms with Crippen LogP contribution in [0.5, 0.6) is 0 Å². The fraction of sp³-hybridized carbons (Fsp3) is 0.467. The second-order valence-corrected chi connectivity index (χ2v) is 5.60. The van der Waals surface area contributed by atoms with Gasteiger partial charge >= 0.3 is 0 Å². The fourth-order valence-corrected chi connectivity index (χ4v) is 3.74. The third kappa shape index (κ3) is 1.38. The maximum absolute atomic E-state index is 6.36. The minimum atomic E-state index is 0.283. The summed E-state index contributed by atoms with van der Waals surface area (Å²) < 4.78 is 0. The van der Waals surface area contributed by atoms with E-state index in [9.17, 15) is 0 Å². The lowest BCUT2D eigenvalue weighted by Gasteiger charge is -2.42. The van der Waals surface area contributed by atoms with Crippen molar-refractivity contribution in [1.29, 1.82) is 0 Å². The van der Waals surface area contributed by atoms with E-state index in [1.807, 2.05) is 0 Å². The van der Waals surface area contributed by atoms with Gasteiger partial charge in [-0.25, -0.2) is 0 Å².